The van der Waals surface area contributed by atoms with Gasteiger partial charge in [-0.25, -0.2) is 13.2 Å². The molecule has 0 atom stereocenters. The molecule has 128 valence electrons. The second-order valence-electron chi connectivity index (χ2n) is 5.20. The van der Waals surface area contributed by atoms with E-state index in [1.54, 1.807) is 30.3 Å². The van der Waals surface area contributed by atoms with Crippen molar-refractivity contribution in [2.75, 3.05) is 11.0 Å². The summed E-state index contributed by atoms with van der Waals surface area (Å²) in [6.45, 7) is 0.592. The summed E-state index contributed by atoms with van der Waals surface area (Å²) in [5.41, 5.74) is 2.05. The van der Waals surface area contributed by atoms with E-state index < -0.39 is 10.0 Å². The average Bonchev–Trinajstić information content (AvgIpc) is 2.51. The summed E-state index contributed by atoms with van der Waals surface area (Å²) in [5, 5.41) is 6.02. The number of halogens is 1. The van der Waals surface area contributed by atoms with E-state index in [1.807, 2.05) is 18.2 Å². The van der Waals surface area contributed by atoms with Crippen LogP contribution in [0.4, 0.5) is 10.5 Å². The van der Waals surface area contributed by atoms with E-state index >= 15 is 0 Å². The van der Waals surface area contributed by atoms with Crippen molar-refractivity contribution in [3.8, 4) is 0 Å². The zero-order valence-corrected chi connectivity index (χ0v) is 14.6. The Morgan fingerprint density at radius 1 is 1.04 bits per heavy atom. The van der Waals surface area contributed by atoms with Crippen molar-refractivity contribution >= 4 is 33.3 Å². The molecule has 0 saturated carbocycles. The number of amides is 2. The van der Waals surface area contributed by atoms with Crippen molar-refractivity contribution in [1.29, 1.82) is 0 Å². The lowest BCUT2D eigenvalue weighted by atomic mass is 10.2. The molecular formula is C16H18ClN3O3S. The van der Waals surface area contributed by atoms with Crippen molar-refractivity contribution in [2.24, 2.45) is 0 Å². The monoisotopic (exact) mass is 367 g/mol. The first kappa shape index (κ1) is 18.1. The van der Waals surface area contributed by atoms with Crippen LogP contribution in [0.15, 0.2) is 48.5 Å². The topological polar surface area (TPSA) is 87.3 Å². The number of nitrogens with one attached hydrogen (secondary N) is 3. The maximum atomic E-state index is 11.8. The summed E-state index contributed by atoms with van der Waals surface area (Å²) in [4.78, 5) is 11.8. The number of carbonyl (C=O) groups is 1. The Bertz CT molecular complexity index is 825. The van der Waals surface area contributed by atoms with Crippen LogP contribution in [0, 0.1) is 0 Å². The molecule has 0 saturated heterocycles. The zero-order valence-electron chi connectivity index (χ0n) is 13.0. The lowest BCUT2D eigenvalue weighted by Gasteiger charge is -2.10. The molecule has 0 heterocycles. The molecule has 0 radical (unpaired) electrons. The number of sulfonamides is 1. The number of hydrogen-bond acceptors (Lipinski definition) is 3. The van der Waals surface area contributed by atoms with Crippen LogP contribution in [0.1, 0.15) is 11.1 Å². The maximum absolute atomic E-state index is 11.8. The van der Waals surface area contributed by atoms with E-state index in [9.17, 15) is 13.2 Å². The number of hydrogen-bond donors (Lipinski definition) is 3. The minimum Gasteiger partial charge on any atom is -0.334 e. The van der Waals surface area contributed by atoms with Gasteiger partial charge in [0, 0.05) is 23.8 Å². The third-order valence-corrected chi connectivity index (χ3v) is 4.06. The van der Waals surface area contributed by atoms with E-state index in [0.717, 1.165) is 17.4 Å². The van der Waals surface area contributed by atoms with Crippen molar-refractivity contribution in [3.05, 3.63) is 64.7 Å². The van der Waals surface area contributed by atoms with Crippen LogP contribution >= 0.6 is 11.6 Å². The fourth-order valence-corrected chi connectivity index (χ4v) is 2.78. The molecule has 0 spiro atoms. The molecule has 2 aromatic carbocycles. The zero-order chi connectivity index (χ0) is 17.6. The van der Waals surface area contributed by atoms with Gasteiger partial charge in [-0.05, 0) is 29.3 Å². The molecule has 0 aliphatic heterocycles. The summed E-state index contributed by atoms with van der Waals surface area (Å²) in [6.07, 6.45) is 1.08. The van der Waals surface area contributed by atoms with Gasteiger partial charge < -0.3 is 10.6 Å². The molecule has 0 unspecified atom stereocenters. The predicted molar refractivity (Wildman–Crippen MR) is 95.4 cm³/mol. The van der Waals surface area contributed by atoms with E-state index in [-0.39, 0.29) is 12.6 Å². The molecule has 0 aromatic heterocycles. The molecule has 2 amide bonds. The smallest absolute Gasteiger partial charge is 0.315 e. The molecule has 0 aliphatic carbocycles. The first-order valence-corrected chi connectivity index (χ1v) is 9.42. The van der Waals surface area contributed by atoms with Crippen molar-refractivity contribution in [3.63, 3.8) is 0 Å². The van der Waals surface area contributed by atoms with Crippen LogP contribution in [-0.4, -0.2) is 20.7 Å². The van der Waals surface area contributed by atoms with Crippen LogP contribution in [0.2, 0.25) is 5.02 Å². The van der Waals surface area contributed by atoms with Crippen LogP contribution in [-0.2, 0) is 23.1 Å². The van der Waals surface area contributed by atoms with Crippen LogP contribution < -0.4 is 15.4 Å². The van der Waals surface area contributed by atoms with Gasteiger partial charge in [0.05, 0.1) is 6.26 Å². The Labute approximate surface area is 146 Å². The second kappa shape index (κ2) is 8.03. The first-order chi connectivity index (χ1) is 11.3. The van der Waals surface area contributed by atoms with Crippen molar-refractivity contribution < 1.29 is 13.2 Å². The molecule has 2 aromatic rings. The largest absolute Gasteiger partial charge is 0.334 e. The standard InChI is InChI=1S/C16H18ClN3O3S/c1-24(22,23)20-14-7-4-5-12(9-14)10-18-16(21)19-11-13-6-2-3-8-15(13)17/h2-9,20H,10-11H2,1H3,(H2,18,19,21). The number of carbonyl (C=O) groups excluding carboxylic acids is 1. The highest BCUT2D eigenvalue weighted by Gasteiger charge is 2.05. The number of benzene rings is 2. The summed E-state index contributed by atoms with van der Waals surface area (Å²) in [6, 6.07) is 13.7. The quantitative estimate of drug-likeness (QED) is 0.733. The Morgan fingerprint density at radius 3 is 2.46 bits per heavy atom. The SMILES string of the molecule is CS(=O)(=O)Nc1cccc(CNC(=O)NCc2ccccc2Cl)c1. The molecule has 0 bridgehead atoms. The molecule has 8 heteroatoms. The van der Waals surface area contributed by atoms with E-state index in [4.69, 9.17) is 11.6 Å². The van der Waals surface area contributed by atoms with E-state index in [2.05, 4.69) is 15.4 Å². The minimum absolute atomic E-state index is 0.271. The third-order valence-electron chi connectivity index (χ3n) is 3.08. The highest BCUT2D eigenvalue weighted by molar-refractivity contribution is 7.92. The van der Waals surface area contributed by atoms with Gasteiger partial charge in [-0.2, -0.15) is 0 Å². The molecule has 2 rings (SSSR count). The third kappa shape index (κ3) is 6.10. The van der Waals surface area contributed by atoms with Gasteiger partial charge in [0.25, 0.3) is 0 Å². The summed E-state index contributed by atoms with van der Waals surface area (Å²) >= 11 is 6.02. The molecule has 0 fully saturated rings. The van der Waals surface area contributed by atoms with Crippen LogP contribution in [0.3, 0.4) is 0 Å². The Kier molecular flexibility index (Phi) is 6.05. The highest BCUT2D eigenvalue weighted by Crippen LogP contribution is 2.14. The Hall–Kier alpha value is -2.25. The highest BCUT2D eigenvalue weighted by atomic mass is 35.5. The fraction of sp³-hybridized carbons (Fsp3) is 0.188. The predicted octanol–water partition coefficient (Wildman–Crippen LogP) is 2.71. The van der Waals surface area contributed by atoms with Crippen molar-refractivity contribution in [1.82, 2.24) is 10.6 Å². The van der Waals surface area contributed by atoms with E-state index in [0.29, 0.717) is 17.3 Å². The van der Waals surface area contributed by atoms with Crippen molar-refractivity contribution in [2.45, 2.75) is 13.1 Å². The number of anilines is 1. The molecule has 0 aliphatic rings. The van der Waals surface area contributed by atoms with Crippen LogP contribution in [0.5, 0.6) is 0 Å². The van der Waals surface area contributed by atoms with Gasteiger partial charge >= 0.3 is 6.03 Å². The van der Waals surface area contributed by atoms with E-state index in [1.165, 1.54) is 0 Å². The number of rotatable bonds is 6. The molecule has 6 nitrogen and oxygen atoms in total. The van der Waals surface area contributed by atoms with Gasteiger partial charge in [-0.15, -0.1) is 0 Å². The van der Waals surface area contributed by atoms with Gasteiger partial charge in [0.1, 0.15) is 0 Å². The van der Waals surface area contributed by atoms with Gasteiger partial charge in [0.2, 0.25) is 10.0 Å². The first-order valence-electron chi connectivity index (χ1n) is 7.15. The summed E-state index contributed by atoms with van der Waals surface area (Å²) in [7, 11) is -3.33. The summed E-state index contributed by atoms with van der Waals surface area (Å²) < 4.78 is 24.8. The Morgan fingerprint density at radius 2 is 1.75 bits per heavy atom. The van der Waals surface area contributed by atoms with Gasteiger partial charge in [-0.1, -0.05) is 41.9 Å². The fourth-order valence-electron chi connectivity index (χ4n) is 2.02. The lowest BCUT2D eigenvalue weighted by Crippen LogP contribution is -2.34. The number of urea groups is 1. The van der Waals surface area contributed by atoms with Crippen LogP contribution in [0.25, 0.3) is 0 Å². The average molecular weight is 368 g/mol. The lowest BCUT2D eigenvalue weighted by molar-refractivity contribution is 0.240. The van der Waals surface area contributed by atoms with Gasteiger partial charge in [0.15, 0.2) is 0 Å². The molecule has 24 heavy (non-hydrogen) atoms. The second-order valence-corrected chi connectivity index (χ2v) is 7.36. The minimum atomic E-state index is -3.33. The molecular weight excluding hydrogens is 350 g/mol. The normalized spacial score (nSPS) is 10.9. The Balaban J connectivity index is 1.85. The van der Waals surface area contributed by atoms with Gasteiger partial charge in [-0.3, -0.25) is 4.72 Å². The summed E-state index contributed by atoms with van der Waals surface area (Å²) in [5.74, 6) is 0. The molecule has 3 N–H and O–H groups in total. The maximum Gasteiger partial charge on any atom is 0.315 e.